The highest BCUT2D eigenvalue weighted by atomic mass is 16.1. The molecule has 0 amide bonds. The van der Waals surface area contributed by atoms with E-state index in [0.29, 0.717) is 5.69 Å². The van der Waals surface area contributed by atoms with Crippen LogP contribution in [0.1, 0.15) is 10.5 Å². The Hall–Kier alpha value is -2.16. The third-order valence-corrected chi connectivity index (χ3v) is 2.48. The number of aromatic nitrogens is 2. The lowest BCUT2D eigenvalue weighted by Crippen LogP contribution is -1.93. The number of benzene rings is 1. The zero-order chi connectivity index (χ0) is 10.3. The average molecular weight is 196 g/mol. The van der Waals surface area contributed by atoms with E-state index in [1.54, 1.807) is 6.07 Å². The Labute approximate surface area is 86.0 Å². The van der Waals surface area contributed by atoms with Crippen molar-refractivity contribution in [2.24, 2.45) is 0 Å². The number of hydrogen-bond acceptors (Lipinski definition) is 2. The van der Waals surface area contributed by atoms with Crippen LogP contribution < -0.4 is 0 Å². The van der Waals surface area contributed by atoms with Crippen LogP contribution in [0.5, 0.6) is 0 Å². The zero-order valence-electron chi connectivity index (χ0n) is 7.92. The molecule has 1 aromatic carbocycles. The van der Waals surface area contributed by atoms with Crippen LogP contribution in [-0.4, -0.2) is 15.7 Å². The molecule has 0 aliphatic heterocycles. The first kappa shape index (κ1) is 8.17. The van der Waals surface area contributed by atoms with Crippen molar-refractivity contribution in [3.05, 3.63) is 48.2 Å². The molecule has 15 heavy (non-hydrogen) atoms. The van der Waals surface area contributed by atoms with Gasteiger partial charge in [0.2, 0.25) is 0 Å². The van der Waals surface area contributed by atoms with Gasteiger partial charge in [0.25, 0.3) is 0 Å². The molecule has 2 aromatic heterocycles. The van der Waals surface area contributed by atoms with Crippen LogP contribution in [0.3, 0.4) is 0 Å². The molecule has 0 saturated carbocycles. The zero-order valence-corrected chi connectivity index (χ0v) is 7.92. The number of nitrogens with zero attached hydrogens (tertiary/aromatic N) is 2. The quantitative estimate of drug-likeness (QED) is 0.559. The molecule has 3 aromatic rings. The molecular weight excluding hydrogens is 188 g/mol. The Morgan fingerprint density at radius 3 is 2.80 bits per heavy atom. The molecule has 2 heterocycles. The molecular formula is C12H8N2O. The lowest BCUT2D eigenvalue weighted by atomic mass is 10.3. The van der Waals surface area contributed by atoms with Gasteiger partial charge in [0, 0.05) is 0 Å². The van der Waals surface area contributed by atoms with Gasteiger partial charge in [0.1, 0.15) is 5.65 Å². The van der Waals surface area contributed by atoms with Gasteiger partial charge in [-0.1, -0.05) is 18.2 Å². The highest BCUT2D eigenvalue weighted by Gasteiger charge is 2.05. The van der Waals surface area contributed by atoms with Crippen molar-refractivity contribution < 1.29 is 4.79 Å². The summed E-state index contributed by atoms with van der Waals surface area (Å²) in [4.78, 5) is 15.3. The van der Waals surface area contributed by atoms with Gasteiger partial charge < -0.3 is 0 Å². The number of fused-ring (bicyclic) bond motifs is 3. The lowest BCUT2D eigenvalue weighted by Gasteiger charge is -1.98. The minimum Gasteiger partial charge on any atom is -0.296 e. The SMILES string of the molecule is O=Cc1cccc2nc3ccccc3n12. The summed E-state index contributed by atoms with van der Waals surface area (Å²) < 4.78 is 1.86. The van der Waals surface area contributed by atoms with Gasteiger partial charge in [-0.3, -0.25) is 9.20 Å². The van der Waals surface area contributed by atoms with E-state index in [2.05, 4.69) is 4.98 Å². The Kier molecular flexibility index (Phi) is 1.59. The van der Waals surface area contributed by atoms with Crippen molar-refractivity contribution in [2.75, 3.05) is 0 Å². The monoisotopic (exact) mass is 196 g/mol. The van der Waals surface area contributed by atoms with E-state index >= 15 is 0 Å². The fourth-order valence-corrected chi connectivity index (χ4v) is 1.83. The third kappa shape index (κ3) is 1.06. The van der Waals surface area contributed by atoms with Crippen LogP contribution in [0.15, 0.2) is 42.5 Å². The summed E-state index contributed by atoms with van der Waals surface area (Å²) >= 11 is 0. The molecule has 0 N–H and O–H groups in total. The Morgan fingerprint density at radius 2 is 1.93 bits per heavy atom. The van der Waals surface area contributed by atoms with Crippen molar-refractivity contribution in [1.29, 1.82) is 0 Å². The van der Waals surface area contributed by atoms with Gasteiger partial charge in [-0.2, -0.15) is 0 Å². The third-order valence-electron chi connectivity index (χ3n) is 2.48. The number of rotatable bonds is 1. The summed E-state index contributed by atoms with van der Waals surface area (Å²) in [7, 11) is 0. The van der Waals surface area contributed by atoms with Crippen LogP contribution in [0.25, 0.3) is 16.7 Å². The number of aldehydes is 1. The highest BCUT2D eigenvalue weighted by Crippen LogP contribution is 2.17. The molecule has 0 bridgehead atoms. The van der Waals surface area contributed by atoms with Crippen LogP contribution in [0.2, 0.25) is 0 Å². The Balaban J connectivity index is 2.62. The van der Waals surface area contributed by atoms with Gasteiger partial charge >= 0.3 is 0 Å². The van der Waals surface area contributed by atoms with Crippen LogP contribution >= 0.6 is 0 Å². The van der Waals surface area contributed by atoms with Crippen LogP contribution in [0, 0.1) is 0 Å². The number of carbonyl (C=O) groups excluding carboxylic acids is 1. The average Bonchev–Trinajstić information content (AvgIpc) is 2.67. The molecule has 0 saturated heterocycles. The highest BCUT2D eigenvalue weighted by molar-refractivity contribution is 5.85. The van der Waals surface area contributed by atoms with Crippen LogP contribution in [-0.2, 0) is 0 Å². The molecule has 3 heteroatoms. The summed E-state index contributed by atoms with van der Waals surface area (Å²) in [6.45, 7) is 0. The molecule has 0 atom stereocenters. The molecule has 0 unspecified atom stereocenters. The number of imidazole rings is 1. The molecule has 72 valence electrons. The molecule has 0 spiro atoms. The molecule has 0 radical (unpaired) electrons. The second-order valence-corrected chi connectivity index (χ2v) is 3.36. The van der Waals surface area contributed by atoms with E-state index < -0.39 is 0 Å². The normalized spacial score (nSPS) is 10.9. The summed E-state index contributed by atoms with van der Waals surface area (Å²) in [5, 5.41) is 0. The first-order valence-electron chi connectivity index (χ1n) is 4.71. The topological polar surface area (TPSA) is 34.4 Å². The maximum atomic E-state index is 10.9. The van der Waals surface area contributed by atoms with Gasteiger partial charge in [0.05, 0.1) is 16.7 Å². The van der Waals surface area contributed by atoms with Crippen molar-refractivity contribution in [1.82, 2.24) is 9.38 Å². The Bertz CT molecular complexity index is 655. The molecule has 0 aliphatic rings. The van der Waals surface area contributed by atoms with E-state index in [9.17, 15) is 4.79 Å². The van der Waals surface area contributed by atoms with E-state index in [1.807, 2.05) is 40.8 Å². The van der Waals surface area contributed by atoms with Gasteiger partial charge in [-0.25, -0.2) is 4.98 Å². The number of hydrogen-bond donors (Lipinski definition) is 0. The molecule has 3 rings (SSSR count). The summed E-state index contributed by atoms with van der Waals surface area (Å²) in [6, 6.07) is 13.3. The molecule has 3 nitrogen and oxygen atoms in total. The summed E-state index contributed by atoms with van der Waals surface area (Å²) in [5.74, 6) is 0. The Morgan fingerprint density at radius 1 is 1.07 bits per heavy atom. The minimum absolute atomic E-state index is 0.626. The first-order valence-corrected chi connectivity index (χ1v) is 4.71. The van der Waals surface area contributed by atoms with Gasteiger partial charge in [-0.15, -0.1) is 0 Å². The second-order valence-electron chi connectivity index (χ2n) is 3.36. The van der Waals surface area contributed by atoms with Crippen molar-refractivity contribution in [3.63, 3.8) is 0 Å². The summed E-state index contributed by atoms with van der Waals surface area (Å²) in [6.07, 6.45) is 0.848. The van der Waals surface area contributed by atoms with Crippen LogP contribution in [0.4, 0.5) is 0 Å². The molecule has 0 aliphatic carbocycles. The van der Waals surface area contributed by atoms with Gasteiger partial charge in [-0.05, 0) is 24.3 Å². The largest absolute Gasteiger partial charge is 0.296 e. The maximum absolute atomic E-state index is 10.9. The fraction of sp³-hybridized carbons (Fsp3) is 0. The predicted molar refractivity (Wildman–Crippen MR) is 58.1 cm³/mol. The first-order chi connectivity index (χ1) is 7.40. The maximum Gasteiger partial charge on any atom is 0.166 e. The van der Waals surface area contributed by atoms with Gasteiger partial charge in [0.15, 0.2) is 6.29 Å². The molecule has 0 fully saturated rings. The second kappa shape index (κ2) is 2.92. The minimum atomic E-state index is 0.626. The van der Waals surface area contributed by atoms with Crippen molar-refractivity contribution >= 4 is 23.0 Å². The van der Waals surface area contributed by atoms with Crippen molar-refractivity contribution in [2.45, 2.75) is 0 Å². The van der Waals surface area contributed by atoms with Crippen molar-refractivity contribution in [3.8, 4) is 0 Å². The number of carbonyl (C=O) groups is 1. The van der Waals surface area contributed by atoms with E-state index in [-0.39, 0.29) is 0 Å². The number of pyridine rings is 1. The fourth-order valence-electron chi connectivity index (χ4n) is 1.83. The predicted octanol–water partition coefficient (Wildman–Crippen LogP) is 2.30. The smallest absolute Gasteiger partial charge is 0.166 e. The standard InChI is InChI=1S/C12H8N2O/c15-8-9-4-3-7-12-13-10-5-1-2-6-11(10)14(9)12/h1-8H. The summed E-state index contributed by atoms with van der Waals surface area (Å²) in [5.41, 5.74) is 3.31. The lowest BCUT2D eigenvalue weighted by molar-refractivity contribution is 0.111. The van der Waals surface area contributed by atoms with E-state index in [4.69, 9.17) is 0 Å². The van der Waals surface area contributed by atoms with E-state index in [0.717, 1.165) is 23.0 Å². The number of para-hydroxylation sites is 2. The van der Waals surface area contributed by atoms with E-state index in [1.165, 1.54) is 0 Å².